The number of rotatable bonds is 6. The molecule has 10 heteroatoms. The highest BCUT2D eigenvalue weighted by Gasteiger charge is 2.32. The molecule has 0 unspecified atom stereocenters. The van der Waals surface area contributed by atoms with E-state index in [1.165, 1.54) is 19.4 Å². The first-order valence-corrected chi connectivity index (χ1v) is 9.71. The highest BCUT2D eigenvalue weighted by Crippen LogP contribution is 2.26. The molecule has 1 saturated heterocycles. The average molecular weight is 433 g/mol. The molecule has 3 N–H and O–H groups in total. The van der Waals surface area contributed by atoms with Crippen molar-refractivity contribution in [2.24, 2.45) is 10.2 Å². The summed E-state index contributed by atoms with van der Waals surface area (Å²) in [4.78, 5) is 24.2. The number of benzene rings is 2. The van der Waals surface area contributed by atoms with Gasteiger partial charge in [0.1, 0.15) is 5.25 Å². The molecule has 29 heavy (non-hydrogen) atoms. The van der Waals surface area contributed by atoms with Crippen molar-refractivity contribution in [1.82, 2.24) is 5.32 Å². The lowest BCUT2D eigenvalue weighted by molar-refractivity contribution is -0.122. The lowest BCUT2D eigenvalue weighted by atomic mass is 10.2. The highest BCUT2D eigenvalue weighted by atomic mass is 35.5. The van der Waals surface area contributed by atoms with Gasteiger partial charge in [-0.25, -0.2) is 0 Å². The molecule has 1 atom stereocenters. The third-order valence-corrected chi connectivity index (χ3v) is 5.16. The fourth-order valence-corrected chi connectivity index (χ4v) is 3.47. The first kappa shape index (κ1) is 20.7. The molecule has 3 rings (SSSR count). The Labute approximate surface area is 176 Å². The minimum atomic E-state index is -0.593. The van der Waals surface area contributed by atoms with Gasteiger partial charge in [-0.05, 0) is 48.0 Å². The van der Waals surface area contributed by atoms with Crippen molar-refractivity contribution >= 4 is 52.2 Å². The summed E-state index contributed by atoms with van der Waals surface area (Å²) in [6, 6.07) is 11.4. The number of ether oxygens (including phenoxy) is 1. The molecule has 0 aliphatic carbocycles. The number of carbonyl (C=O) groups excluding carboxylic acids is 2. The largest absolute Gasteiger partial charge is 0.504 e. The predicted molar refractivity (Wildman–Crippen MR) is 114 cm³/mol. The minimum Gasteiger partial charge on any atom is -0.504 e. The molecule has 2 amide bonds. The summed E-state index contributed by atoms with van der Waals surface area (Å²) in [5.41, 5.74) is 1.27. The van der Waals surface area contributed by atoms with Gasteiger partial charge in [-0.3, -0.25) is 9.59 Å². The van der Waals surface area contributed by atoms with Crippen molar-refractivity contribution in [2.75, 3.05) is 12.4 Å². The van der Waals surface area contributed by atoms with Crippen molar-refractivity contribution in [2.45, 2.75) is 11.7 Å². The standard InChI is InChI=1S/C19H17ClN4O4S/c1-28-15-8-11(2-7-14(15)25)10-21-24-19-23-18(27)16(29-19)9-17(26)22-13-5-3-12(20)4-6-13/h2-8,10,16,25H,9H2,1H3,(H,22,26)(H,23,24,27)/b21-10-/t16-/m0/s1. The van der Waals surface area contributed by atoms with Crippen LogP contribution in [-0.4, -0.2) is 40.7 Å². The van der Waals surface area contributed by atoms with Gasteiger partial charge in [0, 0.05) is 17.1 Å². The summed E-state index contributed by atoms with van der Waals surface area (Å²) < 4.78 is 5.03. The molecular formula is C19H17ClN4O4S. The molecule has 0 saturated carbocycles. The number of hydrogen-bond donors (Lipinski definition) is 3. The smallest absolute Gasteiger partial charge is 0.240 e. The number of phenols is 1. The van der Waals surface area contributed by atoms with Gasteiger partial charge in [-0.15, -0.1) is 5.10 Å². The molecule has 0 spiro atoms. The van der Waals surface area contributed by atoms with Crippen LogP contribution < -0.4 is 15.4 Å². The summed E-state index contributed by atoms with van der Waals surface area (Å²) in [7, 11) is 1.45. The average Bonchev–Trinajstić information content (AvgIpc) is 3.04. The fourth-order valence-electron chi connectivity index (χ4n) is 2.42. The van der Waals surface area contributed by atoms with Crippen molar-refractivity contribution in [3.63, 3.8) is 0 Å². The zero-order valence-electron chi connectivity index (χ0n) is 15.3. The van der Waals surface area contributed by atoms with Crippen LogP contribution in [0.3, 0.4) is 0 Å². The van der Waals surface area contributed by atoms with Crippen LogP contribution in [0.5, 0.6) is 11.5 Å². The summed E-state index contributed by atoms with van der Waals surface area (Å²) in [5.74, 6) is -0.256. The number of amides is 2. The first-order chi connectivity index (χ1) is 13.9. The Bertz CT molecular complexity index is 979. The normalized spacial score (nSPS) is 17.5. The van der Waals surface area contributed by atoms with E-state index in [1.807, 2.05) is 0 Å². The maximum atomic E-state index is 12.2. The summed E-state index contributed by atoms with van der Waals surface area (Å²) in [5, 5.41) is 23.1. The Kier molecular flexibility index (Phi) is 6.73. The second kappa shape index (κ2) is 9.44. The van der Waals surface area contributed by atoms with Crippen LogP contribution in [-0.2, 0) is 9.59 Å². The number of nitrogens with one attached hydrogen (secondary N) is 2. The van der Waals surface area contributed by atoms with Crippen molar-refractivity contribution < 1.29 is 19.4 Å². The third kappa shape index (κ3) is 5.72. The lowest BCUT2D eigenvalue weighted by Crippen LogP contribution is -2.28. The van der Waals surface area contributed by atoms with E-state index in [-0.39, 0.29) is 24.0 Å². The number of thioether (sulfide) groups is 1. The second-order valence-corrected chi connectivity index (χ2v) is 7.56. The molecule has 0 radical (unpaired) electrons. The van der Waals surface area contributed by atoms with E-state index in [9.17, 15) is 14.7 Å². The summed E-state index contributed by atoms with van der Waals surface area (Å²) in [6.45, 7) is 0. The van der Waals surface area contributed by atoms with Crippen LogP contribution >= 0.6 is 23.4 Å². The molecule has 1 aliphatic rings. The molecule has 1 aliphatic heterocycles. The Hall–Kier alpha value is -3.04. The van der Waals surface area contributed by atoms with Crippen molar-refractivity contribution in [3.8, 4) is 11.5 Å². The molecular weight excluding hydrogens is 416 g/mol. The number of halogens is 1. The number of phenolic OH excluding ortho intramolecular Hbond substituents is 1. The Morgan fingerprint density at radius 1 is 1.34 bits per heavy atom. The maximum absolute atomic E-state index is 12.2. The topological polar surface area (TPSA) is 112 Å². The quantitative estimate of drug-likeness (QED) is 0.479. The third-order valence-electron chi connectivity index (χ3n) is 3.83. The monoisotopic (exact) mass is 432 g/mol. The molecule has 8 nitrogen and oxygen atoms in total. The number of methoxy groups -OCH3 is 1. The number of amidine groups is 1. The number of hydrogen-bond acceptors (Lipinski definition) is 7. The number of carbonyl (C=O) groups is 2. The first-order valence-electron chi connectivity index (χ1n) is 8.45. The zero-order valence-corrected chi connectivity index (χ0v) is 16.8. The van der Waals surface area contributed by atoms with Gasteiger partial charge in [0.25, 0.3) is 0 Å². The maximum Gasteiger partial charge on any atom is 0.240 e. The lowest BCUT2D eigenvalue weighted by Gasteiger charge is -2.07. The van der Waals surface area contributed by atoms with Gasteiger partial charge < -0.3 is 20.5 Å². The molecule has 1 heterocycles. The van der Waals surface area contributed by atoms with E-state index < -0.39 is 5.25 Å². The molecule has 1 fully saturated rings. The number of nitrogens with zero attached hydrogens (tertiary/aromatic N) is 2. The van der Waals surface area contributed by atoms with Gasteiger partial charge in [-0.1, -0.05) is 23.4 Å². The van der Waals surface area contributed by atoms with Gasteiger partial charge in [0.05, 0.1) is 13.3 Å². The van der Waals surface area contributed by atoms with E-state index in [4.69, 9.17) is 16.3 Å². The van der Waals surface area contributed by atoms with E-state index in [0.29, 0.717) is 27.2 Å². The predicted octanol–water partition coefficient (Wildman–Crippen LogP) is 3.00. The van der Waals surface area contributed by atoms with Gasteiger partial charge in [0.2, 0.25) is 11.8 Å². The van der Waals surface area contributed by atoms with E-state index in [0.717, 1.165) is 11.8 Å². The van der Waals surface area contributed by atoms with Crippen molar-refractivity contribution in [1.29, 1.82) is 0 Å². The SMILES string of the molecule is COc1cc(/C=N\N=C2/NC(=O)[C@H](CC(=O)Nc3ccc(Cl)cc3)S2)ccc1O. The molecule has 2 aromatic rings. The van der Waals surface area contributed by atoms with E-state index >= 15 is 0 Å². The summed E-state index contributed by atoms with van der Waals surface area (Å²) in [6.07, 6.45) is 1.46. The Morgan fingerprint density at radius 2 is 2.10 bits per heavy atom. The van der Waals surface area contributed by atoms with Crippen molar-refractivity contribution in [3.05, 3.63) is 53.1 Å². The molecule has 0 bridgehead atoms. The van der Waals surface area contributed by atoms with Gasteiger partial charge >= 0.3 is 0 Å². The van der Waals surface area contributed by atoms with Crippen LogP contribution in [0.2, 0.25) is 5.02 Å². The van der Waals surface area contributed by atoms with Crippen LogP contribution in [0.4, 0.5) is 5.69 Å². The van der Waals surface area contributed by atoms with Gasteiger partial charge in [0.15, 0.2) is 16.7 Å². The van der Waals surface area contributed by atoms with Crippen LogP contribution in [0.15, 0.2) is 52.7 Å². The second-order valence-electron chi connectivity index (χ2n) is 5.94. The van der Waals surface area contributed by atoms with E-state index in [2.05, 4.69) is 20.8 Å². The van der Waals surface area contributed by atoms with E-state index in [1.54, 1.807) is 36.4 Å². The molecule has 150 valence electrons. The van der Waals surface area contributed by atoms with Crippen LogP contribution in [0.1, 0.15) is 12.0 Å². The zero-order chi connectivity index (χ0) is 20.8. The number of aromatic hydroxyl groups is 1. The fraction of sp³-hybridized carbons (Fsp3) is 0.158. The summed E-state index contributed by atoms with van der Waals surface area (Å²) >= 11 is 6.95. The minimum absolute atomic E-state index is 0.00295. The highest BCUT2D eigenvalue weighted by molar-refractivity contribution is 8.15. The molecule has 0 aromatic heterocycles. The van der Waals surface area contributed by atoms with Gasteiger partial charge in [-0.2, -0.15) is 5.10 Å². The number of anilines is 1. The Morgan fingerprint density at radius 3 is 2.83 bits per heavy atom. The van der Waals surface area contributed by atoms with Crippen LogP contribution in [0, 0.1) is 0 Å². The molecule has 2 aromatic carbocycles. The Balaban J connectivity index is 1.56. The van der Waals surface area contributed by atoms with Crippen LogP contribution in [0.25, 0.3) is 0 Å².